The molecule has 26 heavy (non-hydrogen) atoms. The largest absolute Gasteiger partial charge is 0.413 e. The van der Waals surface area contributed by atoms with Gasteiger partial charge in [0.25, 0.3) is 0 Å². The third-order valence-corrected chi connectivity index (χ3v) is 11.1. The second-order valence-corrected chi connectivity index (χ2v) is 14.0. The number of rotatable bonds is 7. The second-order valence-electron chi connectivity index (χ2n) is 8.35. The molecule has 0 aliphatic heterocycles. The molecule has 0 saturated heterocycles. The molecule has 2 aromatic rings. The number of hydrogen-bond acceptors (Lipinski definition) is 4. The van der Waals surface area contributed by atoms with Gasteiger partial charge in [0, 0.05) is 16.3 Å². The molecule has 5 heteroatoms. The quantitative estimate of drug-likeness (QED) is 0.406. The summed E-state index contributed by atoms with van der Waals surface area (Å²) in [6.45, 7) is 18.6. The van der Waals surface area contributed by atoms with E-state index in [2.05, 4.69) is 75.0 Å². The van der Waals surface area contributed by atoms with E-state index >= 15 is 0 Å². The molecule has 142 valence electrons. The smallest absolute Gasteiger partial charge is 0.193 e. The molecule has 0 amide bonds. The highest BCUT2D eigenvalue weighted by Crippen LogP contribution is 2.44. The number of nitrogens with zero attached hydrogens (tertiary/aromatic N) is 2. The summed E-state index contributed by atoms with van der Waals surface area (Å²) in [4.78, 5) is 10.1. The Morgan fingerprint density at radius 3 is 2.08 bits per heavy atom. The van der Waals surface area contributed by atoms with E-state index in [4.69, 9.17) is 4.43 Å². The van der Waals surface area contributed by atoms with Crippen LogP contribution < -0.4 is 0 Å². The Morgan fingerprint density at radius 2 is 1.58 bits per heavy atom. The van der Waals surface area contributed by atoms with Crippen LogP contribution >= 0.6 is 11.8 Å². The predicted molar refractivity (Wildman–Crippen MR) is 113 cm³/mol. The zero-order valence-electron chi connectivity index (χ0n) is 17.4. The molecule has 1 aromatic heterocycles. The molecule has 0 unspecified atom stereocenters. The number of benzene rings is 1. The Morgan fingerprint density at radius 1 is 1.04 bits per heavy atom. The maximum Gasteiger partial charge on any atom is 0.193 e. The summed E-state index contributed by atoms with van der Waals surface area (Å²) in [7, 11) is -1.79. The summed E-state index contributed by atoms with van der Waals surface area (Å²) in [5.41, 5.74) is 3.23. The Balaban J connectivity index is 2.01. The van der Waals surface area contributed by atoms with Crippen molar-refractivity contribution in [2.75, 3.05) is 0 Å². The van der Waals surface area contributed by atoms with Crippen molar-refractivity contribution < 1.29 is 4.43 Å². The lowest BCUT2D eigenvalue weighted by atomic mass is 9.99. The van der Waals surface area contributed by atoms with E-state index in [1.54, 1.807) is 11.8 Å². The fourth-order valence-corrected chi connectivity index (χ4v) is 5.80. The average molecular weight is 389 g/mol. The van der Waals surface area contributed by atoms with Gasteiger partial charge in [-0.3, -0.25) is 0 Å². The fraction of sp³-hybridized carbons (Fsp3) is 0.524. The van der Waals surface area contributed by atoms with Crippen LogP contribution in [0.2, 0.25) is 18.1 Å². The molecule has 0 fully saturated rings. The van der Waals surface area contributed by atoms with Gasteiger partial charge in [-0.2, -0.15) is 0 Å². The molecular weight excluding hydrogens is 356 g/mol. The predicted octanol–water partition coefficient (Wildman–Crippen LogP) is 6.40. The van der Waals surface area contributed by atoms with Crippen molar-refractivity contribution in [3.05, 3.63) is 47.3 Å². The zero-order valence-corrected chi connectivity index (χ0v) is 19.2. The Bertz CT molecular complexity index is 722. The van der Waals surface area contributed by atoms with Crippen molar-refractivity contribution in [1.29, 1.82) is 0 Å². The van der Waals surface area contributed by atoms with Crippen molar-refractivity contribution in [3.63, 3.8) is 0 Å². The summed E-state index contributed by atoms with van der Waals surface area (Å²) in [6.07, 6.45) is 0. The van der Waals surface area contributed by atoms with Crippen LogP contribution in [-0.2, 0) is 11.0 Å². The third kappa shape index (κ3) is 5.18. The van der Waals surface area contributed by atoms with E-state index in [1.807, 2.05) is 19.9 Å². The first-order valence-corrected chi connectivity index (χ1v) is 13.0. The summed E-state index contributed by atoms with van der Waals surface area (Å²) in [5, 5.41) is 1.04. The van der Waals surface area contributed by atoms with Gasteiger partial charge in [0.2, 0.25) is 0 Å². The molecule has 0 saturated carbocycles. The normalized spacial score (nSPS) is 12.7. The first-order valence-electron chi connectivity index (χ1n) is 9.24. The highest BCUT2D eigenvalue weighted by Gasteiger charge is 2.43. The van der Waals surface area contributed by atoms with E-state index in [1.165, 1.54) is 5.56 Å². The van der Waals surface area contributed by atoms with Crippen molar-refractivity contribution in [3.8, 4) is 0 Å². The lowest BCUT2D eigenvalue weighted by Gasteiger charge is -2.42. The van der Waals surface area contributed by atoms with Crippen LogP contribution in [0, 0.1) is 19.8 Å². The van der Waals surface area contributed by atoms with E-state index < -0.39 is 8.32 Å². The molecule has 1 aromatic carbocycles. The maximum atomic E-state index is 6.44. The highest BCUT2D eigenvalue weighted by atomic mass is 32.2. The molecule has 2 rings (SSSR count). The van der Waals surface area contributed by atoms with Crippen molar-refractivity contribution in [2.45, 2.75) is 76.3 Å². The molecule has 0 bridgehead atoms. The van der Waals surface area contributed by atoms with Crippen LogP contribution in [-0.4, -0.2) is 18.3 Å². The van der Waals surface area contributed by atoms with Crippen LogP contribution in [0.1, 0.15) is 44.6 Å². The van der Waals surface area contributed by atoms with Gasteiger partial charge in [-0.1, -0.05) is 39.8 Å². The topological polar surface area (TPSA) is 35.0 Å². The average Bonchev–Trinajstić information content (AvgIpc) is 2.53. The van der Waals surface area contributed by atoms with Crippen LogP contribution in [0.3, 0.4) is 0 Å². The first-order chi connectivity index (χ1) is 12.0. The van der Waals surface area contributed by atoms with E-state index in [9.17, 15) is 0 Å². The van der Waals surface area contributed by atoms with Gasteiger partial charge >= 0.3 is 0 Å². The van der Waals surface area contributed by atoms with Crippen LogP contribution in [0.5, 0.6) is 0 Å². The Kier molecular flexibility index (Phi) is 6.69. The summed E-state index contributed by atoms with van der Waals surface area (Å²) in [6, 6.07) is 10.6. The SMILES string of the molecule is Cc1cc(C)nc(Sc2ccc(CO[Si](C)(C)C(C)(C)C(C)C)cc2)n1. The number of aryl methyl sites for hydroxylation is 2. The lowest BCUT2D eigenvalue weighted by Crippen LogP contribution is -2.45. The minimum atomic E-state index is -1.79. The van der Waals surface area contributed by atoms with Gasteiger partial charge < -0.3 is 4.43 Å². The lowest BCUT2D eigenvalue weighted by molar-refractivity contribution is 0.256. The monoisotopic (exact) mass is 388 g/mol. The van der Waals surface area contributed by atoms with Crippen LogP contribution in [0.4, 0.5) is 0 Å². The molecule has 1 heterocycles. The van der Waals surface area contributed by atoms with Gasteiger partial charge in [0.1, 0.15) is 0 Å². The van der Waals surface area contributed by atoms with Crippen molar-refractivity contribution in [1.82, 2.24) is 9.97 Å². The van der Waals surface area contributed by atoms with E-state index in [0.717, 1.165) is 21.4 Å². The van der Waals surface area contributed by atoms with Crippen LogP contribution in [0.25, 0.3) is 0 Å². The molecule has 0 aliphatic rings. The minimum Gasteiger partial charge on any atom is -0.413 e. The molecule has 3 nitrogen and oxygen atoms in total. The molecule has 0 N–H and O–H groups in total. The molecule has 0 aliphatic carbocycles. The fourth-order valence-electron chi connectivity index (χ4n) is 2.64. The van der Waals surface area contributed by atoms with Crippen molar-refractivity contribution in [2.24, 2.45) is 5.92 Å². The van der Waals surface area contributed by atoms with Gasteiger partial charge in [-0.25, -0.2) is 9.97 Å². The van der Waals surface area contributed by atoms with Gasteiger partial charge in [0.15, 0.2) is 13.5 Å². The second kappa shape index (κ2) is 8.24. The highest BCUT2D eigenvalue weighted by molar-refractivity contribution is 7.99. The van der Waals surface area contributed by atoms with Gasteiger partial charge in [-0.05, 0) is 73.4 Å². The summed E-state index contributed by atoms with van der Waals surface area (Å²) >= 11 is 1.60. The Hall–Kier alpha value is -1.17. The summed E-state index contributed by atoms with van der Waals surface area (Å²) in [5.74, 6) is 0.612. The van der Waals surface area contributed by atoms with E-state index in [-0.39, 0.29) is 5.04 Å². The number of aromatic nitrogens is 2. The number of hydrogen-bond donors (Lipinski definition) is 0. The molecule has 0 spiro atoms. The van der Waals surface area contributed by atoms with Gasteiger partial charge in [0.05, 0.1) is 6.61 Å². The molecule has 0 atom stereocenters. The summed E-state index contributed by atoms with van der Waals surface area (Å²) < 4.78 is 6.44. The standard InChI is InChI=1S/C21H32N2OSSi/c1-15(2)21(5,6)26(7,8)24-14-18-9-11-19(12-10-18)25-20-22-16(3)13-17(4)23-20/h9-13,15H,14H2,1-8H3. The maximum absolute atomic E-state index is 6.44. The van der Waals surface area contributed by atoms with Crippen molar-refractivity contribution >= 4 is 20.1 Å². The minimum absolute atomic E-state index is 0.239. The third-order valence-electron chi connectivity index (χ3n) is 5.69. The Labute approximate surface area is 164 Å². The van der Waals surface area contributed by atoms with Crippen LogP contribution in [0.15, 0.2) is 40.4 Å². The zero-order chi connectivity index (χ0) is 19.5. The van der Waals surface area contributed by atoms with Gasteiger partial charge in [-0.15, -0.1) is 0 Å². The first kappa shape index (κ1) is 21.1. The van der Waals surface area contributed by atoms with E-state index in [0.29, 0.717) is 12.5 Å². The molecular formula is C21H32N2OSSi. The molecule has 0 radical (unpaired) electrons.